The second-order valence-electron chi connectivity index (χ2n) is 4.69. The van der Waals surface area contributed by atoms with Crippen molar-refractivity contribution in [1.82, 2.24) is 4.98 Å². The van der Waals surface area contributed by atoms with Crippen LogP contribution in [0.2, 0.25) is 0 Å². The molecule has 1 aromatic carbocycles. The Balaban J connectivity index is 1.97. The lowest BCUT2D eigenvalue weighted by atomic mass is 10.2. The van der Waals surface area contributed by atoms with Crippen LogP contribution in [-0.2, 0) is 13.8 Å². The van der Waals surface area contributed by atoms with Gasteiger partial charge in [-0.05, 0) is 12.1 Å². The Bertz CT molecular complexity index is 791. The average molecular weight is 311 g/mol. The summed E-state index contributed by atoms with van der Waals surface area (Å²) in [5.41, 5.74) is 1.42. The van der Waals surface area contributed by atoms with Gasteiger partial charge in [-0.25, -0.2) is 8.42 Å². The molecule has 0 N–H and O–H groups in total. The van der Waals surface area contributed by atoms with Crippen molar-refractivity contribution in [2.24, 2.45) is 0 Å². The maximum absolute atomic E-state index is 11.9. The molecule has 1 unspecified atom stereocenters. The lowest BCUT2D eigenvalue weighted by Gasteiger charge is -2.16. The number of benzene rings is 1. The Hall–Kier alpha value is -1.66. The normalized spacial score (nSPS) is 19.8. The highest BCUT2D eigenvalue weighted by Crippen LogP contribution is 2.28. The first kappa shape index (κ1) is 13.3. The summed E-state index contributed by atoms with van der Waals surface area (Å²) in [6.07, 6.45) is 1.49. The highest BCUT2D eigenvalue weighted by atomic mass is 35.7. The lowest BCUT2D eigenvalue weighted by molar-refractivity contribution is -0.117. The van der Waals surface area contributed by atoms with Crippen LogP contribution in [0.4, 0.5) is 5.69 Å². The van der Waals surface area contributed by atoms with Gasteiger partial charge in [0, 0.05) is 29.0 Å². The summed E-state index contributed by atoms with van der Waals surface area (Å²) in [7, 11) is 1.60. The zero-order valence-corrected chi connectivity index (χ0v) is 11.9. The Morgan fingerprint density at radius 1 is 1.30 bits per heavy atom. The Morgan fingerprint density at radius 2 is 2.05 bits per heavy atom. The van der Waals surface area contributed by atoms with Crippen LogP contribution in [0.5, 0.6) is 0 Å². The fourth-order valence-electron chi connectivity index (χ4n) is 2.32. The van der Waals surface area contributed by atoms with Gasteiger partial charge in [-0.3, -0.25) is 9.78 Å². The first-order chi connectivity index (χ1) is 9.45. The largest absolute Gasteiger partial charge is 0.309 e. The topological polar surface area (TPSA) is 67.3 Å². The molecule has 5 nitrogen and oxygen atoms in total. The molecule has 1 aromatic heterocycles. The third-order valence-corrected chi connectivity index (χ3v) is 5.24. The van der Waals surface area contributed by atoms with Crippen molar-refractivity contribution in [2.75, 3.05) is 11.4 Å². The van der Waals surface area contributed by atoms with Gasteiger partial charge in [0.05, 0.1) is 17.4 Å². The third kappa shape index (κ3) is 2.36. The van der Waals surface area contributed by atoms with E-state index in [4.69, 9.17) is 10.7 Å². The number of pyridine rings is 1. The minimum Gasteiger partial charge on any atom is -0.309 e. The molecule has 7 heteroatoms. The molecule has 0 radical (unpaired) electrons. The van der Waals surface area contributed by atoms with E-state index >= 15 is 0 Å². The molecule has 3 rings (SSSR count). The Kier molecular flexibility index (Phi) is 3.14. The van der Waals surface area contributed by atoms with E-state index in [0.29, 0.717) is 5.69 Å². The molecule has 1 amide bonds. The predicted octanol–water partition coefficient (Wildman–Crippen LogP) is 1.91. The number of amides is 1. The van der Waals surface area contributed by atoms with E-state index in [1.54, 1.807) is 6.20 Å². The molecule has 1 fully saturated rings. The fraction of sp³-hybridized carbons (Fsp3) is 0.231. The highest BCUT2D eigenvalue weighted by molar-refractivity contribution is 8.14. The molecule has 0 bridgehead atoms. The average Bonchev–Trinajstić information content (AvgIpc) is 2.80. The number of anilines is 1. The number of rotatable bonds is 2. The second-order valence-corrected chi connectivity index (χ2v) is 7.60. The van der Waals surface area contributed by atoms with Gasteiger partial charge in [-0.1, -0.05) is 18.2 Å². The van der Waals surface area contributed by atoms with E-state index in [1.165, 1.54) is 4.90 Å². The van der Waals surface area contributed by atoms with Crippen LogP contribution in [0.25, 0.3) is 10.9 Å². The van der Waals surface area contributed by atoms with Crippen molar-refractivity contribution < 1.29 is 13.2 Å². The summed E-state index contributed by atoms with van der Waals surface area (Å²) in [5, 5.41) is 0.0399. The zero-order valence-electron chi connectivity index (χ0n) is 10.4. The molecule has 104 valence electrons. The van der Waals surface area contributed by atoms with E-state index in [0.717, 1.165) is 10.9 Å². The first-order valence-corrected chi connectivity index (χ1v) is 8.41. The molecule has 1 atom stereocenters. The zero-order chi connectivity index (χ0) is 14.3. The molecule has 20 heavy (non-hydrogen) atoms. The number of nitrogens with zero attached hydrogens (tertiary/aromatic N) is 2. The predicted molar refractivity (Wildman–Crippen MR) is 77.3 cm³/mol. The van der Waals surface area contributed by atoms with E-state index in [2.05, 4.69) is 4.98 Å². The summed E-state index contributed by atoms with van der Waals surface area (Å²) in [5.74, 6) is -0.253. The smallest absolute Gasteiger partial charge is 0.237 e. The maximum Gasteiger partial charge on any atom is 0.237 e. The molecule has 2 heterocycles. The van der Waals surface area contributed by atoms with Crippen LogP contribution in [0, 0.1) is 0 Å². The lowest BCUT2D eigenvalue weighted by Crippen LogP contribution is -2.26. The third-order valence-electron chi connectivity index (χ3n) is 3.38. The Morgan fingerprint density at radius 3 is 2.75 bits per heavy atom. The van der Waals surface area contributed by atoms with Crippen LogP contribution < -0.4 is 4.90 Å². The molecule has 1 aliphatic rings. The highest BCUT2D eigenvalue weighted by Gasteiger charge is 2.38. The monoisotopic (exact) mass is 310 g/mol. The summed E-state index contributed by atoms with van der Waals surface area (Å²) < 4.78 is 22.7. The summed E-state index contributed by atoms with van der Waals surface area (Å²) in [4.78, 5) is 17.6. The minimum absolute atomic E-state index is 0.0741. The first-order valence-electron chi connectivity index (χ1n) is 6.04. The summed E-state index contributed by atoms with van der Waals surface area (Å²) in [6.45, 7) is 0.0741. The van der Waals surface area contributed by atoms with Gasteiger partial charge in [0.25, 0.3) is 0 Å². The number of carbonyl (C=O) groups is 1. The number of hydrogen-bond donors (Lipinski definition) is 0. The van der Waals surface area contributed by atoms with Crippen molar-refractivity contribution in [3.8, 4) is 0 Å². The summed E-state index contributed by atoms with van der Waals surface area (Å²) >= 11 is 0. The minimum atomic E-state index is -3.73. The number of fused-ring (bicyclic) bond motifs is 1. The van der Waals surface area contributed by atoms with Crippen molar-refractivity contribution >= 4 is 42.2 Å². The number of carbonyl (C=O) groups excluding carboxylic acids is 1. The maximum atomic E-state index is 11.9. The Labute approximate surface area is 120 Å². The molecule has 1 aliphatic heterocycles. The molecular formula is C13H11ClN2O3S. The van der Waals surface area contributed by atoms with Gasteiger partial charge < -0.3 is 4.90 Å². The molecule has 1 saturated heterocycles. The number of hydrogen-bond acceptors (Lipinski definition) is 4. The molecule has 0 spiro atoms. The van der Waals surface area contributed by atoms with Gasteiger partial charge >= 0.3 is 0 Å². The van der Waals surface area contributed by atoms with Crippen molar-refractivity contribution in [2.45, 2.75) is 11.7 Å². The van der Waals surface area contributed by atoms with Gasteiger partial charge in [-0.2, -0.15) is 0 Å². The van der Waals surface area contributed by atoms with Gasteiger partial charge in [0.1, 0.15) is 5.25 Å². The van der Waals surface area contributed by atoms with Crippen molar-refractivity contribution in [3.05, 3.63) is 36.5 Å². The molecule has 0 saturated carbocycles. The standard InChI is InChI=1S/C13H11ClN2O3S/c14-20(18,19)11-6-13(17)16(8-11)10-5-9-3-1-2-4-12(9)15-7-10/h1-5,7,11H,6,8H2. The van der Waals surface area contributed by atoms with E-state index < -0.39 is 14.3 Å². The van der Waals surface area contributed by atoms with Gasteiger partial charge in [0.15, 0.2) is 0 Å². The molecule has 2 aromatic rings. The second kappa shape index (κ2) is 4.71. The molecular weight excluding hydrogens is 300 g/mol. The van der Waals surface area contributed by atoms with Crippen molar-refractivity contribution in [3.63, 3.8) is 0 Å². The van der Waals surface area contributed by atoms with E-state index in [-0.39, 0.29) is 18.9 Å². The fourth-order valence-corrected chi connectivity index (χ4v) is 3.35. The molecule has 0 aliphatic carbocycles. The summed E-state index contributed by atoms with van der Waals surface area (Å²) in [6, 6.07) is 9.35. The van der Waals surface area contributed by atoms with Crippen molar-refractivity contribution in [1.29, 1.82) is 0 Å². The van der Waals surface area contributed by atoms with Crippen LogP contribution in [0.15, 0.2) is 36.5 Å². The quantitative estimate of drug-likeness (QED) is 0.795. The SMILES string of the molecule is O=C1CC(S(=O)(=O)Cl)CN1c1cnc2ccccc2c1. The number of para-hydroxylation sites is 1. The van der Waals surface area contributed by atoms with Crippen LogP contribution >= 0.6 is 10.7 Å². The van der Waals surface area contributed by atoms with Crippen LogP contribution in [-0.4, -0.2) is 31.1 Å². The van der Waals surface area contributed by atoms with E-state index in [9.17, 15) is 13.2 Å². The number of halogens is 1. The van der Waals surface area contributed by atoms with Crippen LogP contribution in [0.1, 0.15) is 6.42 Å². The van der Waals surface area contributed by atoms with Crippen LogP contribution in [0.3, 0.4) is 0 Å². The van der Waals surface area contributed by atoms with E-state index in [1.807, 2.05) is 30.3 Å². The number of aromatic nitrogens is 1. The van der Waals surface area contributed by atoms with Gasteiger partial charge in [0.2, 0.25) is 15.0 Å². The van der Waals surface area contributed by atoms with Gasteiger partial charge in [-0.15, -0.1) is 0 Å².